The quantitative estimate of drug-likeness (QED) is 0.388. The number of anilines is 1. The predicted octanol–water partition coefficient (Wildman–Crippen LogP) is 3.94. The average molecular weight is 516 g/mol. The lowest BCUT2D eigenvalue weighted by molar-refractivity contribution is 0.246. The molecule has 1 fully saturated rings. The first-order chi connectivity index (χ1) is 18.1. The zero-order valence-electron chi connectivity index (χ0n) is 21.5. The number of nitrogens with zero attached hydrogens (tertiary/aromatic N) is 5. The summed E-state index contributed by atoms with van der Waals surface area (Å²) >= 11 is 1.68. The Labute approximate surface area is 221 Å². The summed E-state index contributed by atoms with van der Waals surface area (Å²) in [5, 5.41) is 0.853. The lowest BCUT2D eigenvalue weighted by Gasteiger charge is -2.36. The second-order valence-corrected chi connectivity index (χ2v) is 11.1. The van der Waals surface area contributed by atoms with E-state index in [1.54, 1.807) is 24.8 Å². The Bertz CT molecular complexity index is 1460. The Morgan fingerprint density at radius 3 is 2.57 bits per heavy atom. The van der Waals surface area contributed by atoms with Crippen molar-refractivity contribution < 1.29 is 4.74 Å². The highest BCUT2D eigenvalue weighted by atomic mass is 32.1. The molecule has 37 heavy (non-hydrogen) atoms. The summed E-state index contributed by atoms with van der Waals surface area (Å²) in [4.78, 5) is 27.4. The summed E-state index contributed by atoms with van der Waals surface area (Å²) in [5.74, 6) is 0.907. The van der Waals surface area contributed by atoms with Crippen LogP contribution >= 0.6 is 11.3 Å². The van der Waals surface area contributed by atoms with E-state index < -0.39 is 0 Å². The van der Waals surface area contributed by atoms with E-state index in [-0.39, 0.29) is 5.56 Å². The summed E-state index contributed by atoms with van der Waals surface area (Å²) in [6, 6.07) is 16.9. The summed E-state index contributed by atoms with van der Waals surface area (Å²) in [5.41, 5.74) is 4.89. The van der Waals surface area contributed by atoms with Crippen molar-refractivity contribution >= 4 is 27.2 Å². The molecule has 1 saturated heterocycles. The topological polar surface area (TPSA) is 53.8 Å². The number of piperazine rings is 1. The second kappa shape index (κ2) is 10.3. The van der Waals surface area contributed by atoms with Crippen LogP contribution in [0.3, 0.4) is 0 Å². The van der Waals surface area contributed by atoms with Crippen LogP contribution in [-0.4, -0.2) is 72.8 Å². The number of ether oxygens (including phenoxy) is 1. The van der Waals surface area contributed by atoms with Gasteiger partial charge in [-0.15, -0.1) is 11.3 Å². The molecule has 4 heterocycles. The third-order valence-corrected chi connectivity index (χ3v) is 8.80. The molecule has 2 aromatic heterocycles. The maximum absolute atomic E-state index is 13.3. The molecule has 0 amide bonds. The van der Waals surface area contributed by atoms with E-state index in [9.17, 15) is 4.79 Å². The Kier molecular flexibility index (Phi) is 6.71. The molecule has 0 saturated carbocycles. The molecule has 0 spiro atoms. The number of likely N-dealkylation sites (N-methyl/N-ethyl adjacent to an activating group) is 1. The first-order valence-corrected chi connectivity index (χ1v) is 13.8. The van der Waals surface area contributed by atoms with Gasteiger partial charge in [0.25, 0.3) is 5.56 Å². The van der Waals surface area contributed by atoms with Gasteiger partial charge in [0.05, 0.1) is 24.5 Å². The van der Waals surface area contributed by atoms with Gasteiger partial charge in [-0.05, 0) is 42.3 Å². The van der Waals surface area contributed by atoms with Gasteiger partial charge < -0.3 is 14.5 Å². The third-order valence-electron chi connectivity index (χ3n) is 7.67. The van der Waals surface area contributed by atoms with Crippen molar-refractivity contribution in [1.82, 2.24) is 19.4 Å². The molecule has 0 unspecified atom stereocenters. The van der Waals surface area contributed by atoms with Crippen LogP contribution in [0.25, 0.3) is 21.3 Å². The number of methoxy groups -OCH3 is 1. The molecule has 2 aromatic carbocycles. The molecule has 8 heteroatoms. The molecule has 0 bridgehead atoms. The zero-order chi connectivity index (χ0) is 25.4. The van der Waals surface area contributed by atoms with E-state index in [0.29, 0.717) is 6.54 Å². The van der Waals surface area contributed by atoms with E-state index in [1.165, 1.54) is 21.6 Å². The van der Waals surface area contributed by atoms with Gasteiger partial charge >= 0.3 is 0 Å². The molecule has 6 rings (SSSR count). The van der Waals surface area contributed by atoms with Crippen LogP contribution in [-0.2, 0) is 19.5 Å². The molecule has 4 aromatic rings. The molecule has 0 N–H and O–H groups in total. The normalized spacial score (nSPS) is 16.8. The Morgan fingerprint density at radius 1 is 0.973 bits per heavy atom. The van der Waals surface area contributed by atoms with E-state index >= 15 is 0 Å². The standard InChI is InChI=1S/C29H33N5O2S/c1-31-11-10-23-26(19-31)37-28-27(23)29(35)34(20-30-28)17-14-32-12-15-33(16-13-32)24-18-22(8-9-25(24)36-2)21-6-4-3-5-7-21/h3-9,18,20H,10-17,19H2,1-2H3. The first-order valence-electron chi connectivity index (χ1n) is 13.0. The van der Waals surface area contributed by atoms with Crippen LogP contribution in [0.2, 0.25) is 0 Å². The average Bonchev–Trinajstić information content (AvgIpc) is 3.31. The number of benzene rings is 2. The molecule has 192 valence electrons. The molecular formula is C29H33N5O2S. The van der Waals surface area contributed by atoms with E-state index in [2.05, 4.69) is 69.2 Å². The summed E-state index contributed by atoms with van der Waals surface area (Å²) < 4.78 is 7.52. The smallest absolute Gasteiger partial charge is 0.262 e. The van der Waals surface area contributed by atoms with Crippen molar-refractivity contribution in [3.63, 3.8) is 0 Å². The van der Waals surface area contributed by atoms with Crippen LogP contribution in [0.1, 0.15) is 10.4 Å². The highest BCUT2D eigenvalue weighted by Crippen LogP contribution is 2.34. The van der Waals surface area contributed by atoms with Crippen molar-refractivity contribution in [3.8, 4) is 16.9 Å². The van der Waals surface area contributed by atoms with Crippen LogP contribution in [0.5, 0.6) is 5.75 Å². The van der Waals surface area contributed by atoms with Gasteiger partial charge in [-0.1, -0.05) is 36.4 Å². The Morgan fingerprint density at radius 2 is 1.78 bits per heavy atom. The molecule has 0 aliphatic carbocycles. The number of fused-ring (bicyclic) bond motifs is 3. The highest BCUT2D eigenvalue weighted by molar-refractivity contribution is 7.18. The minimum absolute atomic E-state index is 0.119. The molecule has 0 atom stereocenters. The van der Waals surface area contributed by atoms with E-state index in [1.807, 2.05) is 10.6 Å². The van der Waals surface area contributed by atoms with Crippen molar-refractivity contribution in [2.24, 2.45) is 0 Å². The van der Waals surface area contributed by atoms with Gasteiger partial charge in [-0.3, -0.25) is 14.3 Å². The van der Waals surface area contributed by atoms with Crippen LogP contribution in [0.15, 0.2) is 59.7 Å². The van der Waals surface area contributed by atoms with Gasteiger partial charge in [0.1, 0.15) is 10.6 Å². The molecule has 2 aliphatic rings. The zero-order valence-corrected chi connectivity index (χ0v) is 22.3. The fourth-order valence-electron chi connectivity index (χ4n) is 5.51. The highest BCUT2D eigenvalue weighted by Gasteiger charge is 2.23. The van der Waals surface area contributed by atoms with Crippen molar-refractivity contribution in [2.75, 3.05) is 58.3 Å². The molecular weight excluding hydrogens is 482 g/mol. The van der Waals surface area contributed by atoms with Crippen molar-refractivity contribution in [2.45, 2.75) is 19.5 Å². The molecule has 7 nitrogen and oxygen atoms in total. The first kappa shape index (κ1) is 24.2. The largest absolute Gasteiger partial charge is 0.495 e. The summed E-state index contributed by atoms with van der Waals surface area (Å²) in [6.45, 7) is 7.16. The number of hydrogen-bond acceptors (Lipinski definition) is 7. The van der Waals surface area contributed by atoms with Gasteiger partial charge in [0.2, 0.25) is 0 Å². The monoisotopic (exact) mass is 515 g/mol. The summed E-state index contributed by atoms with van der Waals surface area (Å²) in [7, 11) is 3.87. The van der Waals surface area contributed by atoms with E-state index in [4.69, 9.17) is 4.74 Å². The molecule has 0 radical (unpaired) electrons. The van der Waals surface area contributed by atoms with Gasteiger partial charge in [-0.2, -0.15) is 0 Å². The van der Waals surface area contributed by atoms with Crippen LogP contribution < -0.4 is 15.2 Å². The number of aromatic nitrogens is 2. The minimum atomic E-state index is 0.119. The Hall–Kier alpha value is -3.20. The van der Waals surface area contributed by atoms with E-state index in [0.717, 1.165) is 73.9 Å². The fraction of sp³-hybridized carbons (Fsp3) is 0.379. The van der Waals surface area contributed by atoms with Crippen LogP contribution in [0, 0.1) is 0 Å². The summed E-state index contributed by atoms with van der Waals surface area (Å²) in [6.07, 6.45) is 2.68. The van der Waals surface area contributed by atoms with Crippen LogP contribution in [0.4, 0.5) is 5.69 Å². The fourth-order valence-corrected chi connectivity index (χ4v) is 6.77. The van der Waals surface area contributed by atoms with Gasteiger partial charge in [0, 0.05) is 57.2 Å². The lowest BCUT2D eigenvalue weighted by atomic mass is 10.0. The predicted molar refractivity (Wildman–Crippen MR) is 151 cm³/mol. The minimum Gasteiger partial charge on any atom is -0.495 e. The number of thiophene rings is 1. The van der Waals surface area contributed by atoms with Crippen molar-refractivity contribution in [3.05, 3.63) is 75.7 Å². The number of rotatable bonds is 6. The van der Waals surface area contributed by atoms with Crippen molar-refractivity contribution in [1.29, 1.82) is 0 Å². The Balaban J connectivity index is 1.13. The van der Waals surface area contributed by atoms with Gasteiger partial charge in [0.15, 0.2) is 0 Å². The second-order valence-electron chi connectivity index (χ2n) is 10.00. The number of hydrogen-bond donors (Lipinski definition) is 0. The molecule has 2 aliphatic heterocycles. The third kappa shape index (κ3) is 4.77. The maximum Gasteiger partial charge on any atom is 0.262 e. The SMILES string of the molecule is COc1ccc(-c2ccccc2)cc1N1CCN(CCn2cnc3sc4c(c3c2=O)CCN(C)C4)CC1. The lowest BCUT2D eigenvalue weighted by Crippen LogP contribution is -2.47. The van der Waals surface area contributed by atoms with Gasteiger partial charge in [-0.25, -0.2) is 4.98 Å². The maximum atomic E-state index is 13.3.